The zero-order valence-electron chi connectivity index (χ0n) is 17.7. The summed E-state index contributed by atoms with van der Waals surface area (Å²) in [6.07, 6.45) is -1.44. The zero-order chi connectivity index (χ0) is 23.3. The van der Waals surface area contributed by atoms with Crippen molar-refractivity contribution in [2.75, 3.05) is 24.5 Å². The molecular formula is C21H23F3N6O2. The maximum absolute atomic E-state index is 13.3. The predicted molar refractivity (Wildman–Crippen MR) is 107 cm³/mol. The molecule has 1 saturated heterocycles. The average molecular weight is 448 g/mol. The number of aromatic nitrogens is 3. The molecule has 2 aromatic heterocycles. The van der Waals surface area contributed by atoms with Crippen LogP contribution in [-0.2, 0) is 16.9 Å². The minimum Gasteiger partial charge on any atom is -0.374 e. The molecule has 2 aliphatic rings. The Morgan fingerprint density at radius 2 is 2.00 bits per heavy atom. The molecule has 170 valence electrons. The molecule has 0 radical (unpaired) electrons. The van der Waals surface area contributed by atoms with Gasteiger partial charge in [-0.15, -0.1) is 0 Å². The lowest BCUT2D eigenvalue weighted by Gasteiger charge is -2.37. The van der Waals surface area contributed by atoms with Gasteiger partial charge in [-0.2, -0.15) is 18.4 Å². The number of hydrogen-bond acceptors (Lipinski definition) is 6. The summed E-state index contributed by atoms with van der Waals surface area (Å²) in [6.45, 7) is 3.90. The van der Waals surface area contributed by atoms with Crippen LogP contribution in [0.2, 0.25) is 0 Å². The van der Waals surface area contributed by atoms with Crippen molar-refractivity contribution in [1.82, 2.24) is 19.4 Å². The minimum absolute atomic E-state index is 0.0652. The van der Waals surface area contributed by atoms with Gasteiger partial charge in [0.1, 0.15) is 11.9 Å². The number of rotatable bonds is 3. The van der Waals surface area contributed by atoms with Gasteiger partial charge >= 0.3 is 6.18 Å². The van der Waals surface area contributed by atoms with Gasteiger partial charge in [-0.1, -0.05) is 0 Å². The molecule has 8 nitrogen and oxygen atoms in total. The van der Waals surface area contributed by atoms with E-state index < -0.39 is 23.6 Å². The van der Waals surface area contributed by atoms with Gasteiger partial charge in [-0.05, 0) is 32.4 Å². The summed E-state index contributed by atoms with van der Waals surface area (Å²) in [7, 11) is 0. The summed E-state index contributed by atoms with van der Waals surface area (Å²) in [5, 5.41) is 19.0. The van der Waals surface area contributed by atoms with Crippen LogP contribution in [0, 0.1) is 17.2 Å². The Labute approximate surface area is 182 Å². The number of carbonyl (C=O) groups excluding carboxylic acids is 1. The van der Waals surface area contributed by atoms with Crippen molar-refractivity contribution in [3.8, 4) is 6.07 Å². The van der Waals surface area contributed by atoms with E-state index in [0.29, 0.717) is 43.5 Å². The van der Waals surface area contributed by atoms with Crippen molar-refractivity contribution >= 4 is 11.7 Å². The van der Waals surface area contributed by atoms with E-state index in [1.165, 1.54) is 17.0 Å². The molecule has 0 bridgehead atoms. The summed E-state index contributed by atoms with van der Waals surface area (Å²) >= 11 is 0. The molecule has 0 saturated carbocycles. The minimum atomic E-state index is -4.87. The molecule has 0 spiro atoms. The van der Waals surface area contributed by atoms with Crippen LogP contribution in [-0.4, -0.2) is 56.3 Å². The fraction of sp³-hybridized carbons (Fsp3) is 0.524. The molecule has 0 aromatic carbocycles. The third-order valence-corrected chi connectivity index (χ3v) is 6.19. The molecule has 1 N–H and O–H groups in total. The van der Waals surface area contributed by atoms with E-state index in [0.717, 1.165) is 0 Å². The van der Waals surface area contributed by atoms with Gasteiger partial charge in [0, 0.05) is 25.8 Å². The number of alkyl halides is 3. The molecule has 1 amide bonds. The van der Waals surface area contributed by atoms with Gasteiger partial charge in [0.25, 0.3) is 0 Å². The number of aliphatic hydroxyl groups is 1. The SMILES string of the molecule is C[C@H]1CN(C(=O)[C@H]2CCN(c3ccc(C#N)cn3)C2)Cc2cnc([C@@](C)(O)C(F)(F)F)n21. The first kappa shape index (κ1) is 22.1. The number of imidazole rings is 1. The van der Waals surface area contributed by atoms with Gasteiger partial charge in [0.05, 0.1) is 36.0 Å². The van der Waals surface area contributed by atoms with Crippen molar-refractivity contribution < 1.29 is 23.1 Å². The normalized spacial score (nSPS) is 22.9. The van der Waals surface area contributed by atoms with Crippen LogP contribution in [0.3, 0.4) is 0 Å². The summed E-state index contributed by atoms with van der Waals surface area (Å²) < 4.78 is 41.4. The third kappa shape index (κ3) is 3.68. The van der Waals surface area contributed by atoms with Crippen molar-refractivity contribution in [2.24, 2.45) is 5.92 Å². The highest BCUT2D eigenvalue weighted by atomic mass is 19.4. The Balaban J connectivity index is 1.48. The molecule has 1 fully saturated rings. The van der Waals surface area contributed by atoms with Crippen LogP contribution in [0.25, 0.3) is 0 Å². The largest absolute Gasteiger partial charge is 0.424 e. The molecule has 4 rings (SSSR count). The number of nitriles is 1. The second-order valence-corrected chi connectivity index (χ2v) is 8.53. The summed E-state index contributed by atoms with van der Waals surface area (Å²) in [5.41, 5.74) is -2.16. The van der Waals surface area contributed by atoms with E-state index in [1.54, 1.807) is 24.0 Å². The summed E-state index contributed by atoms with van der Waals surface area (Å²) in [4.78, 5) is 24.9. The lowest BCUT2D eigenvalue weighted by molar-refractivity contribution is -0.263. The van der Waals surface area contributed by atoms with Crippen LogP contribution in [0.15, 0.2) is 24.5 Å². The predicted octanol–water partition coefficient (Wildman–Crippen LogP) is 2.35. The average Bonchev–Trinajstić information content (AvgIpc) is 3.40. The standard InChI is InChI=1S/C21H23F3N6O2/c1-13-10-29(12-16-9-27-19(30(13)16)20(2,32)21(22,23)24)18(31)15-5-6-28(11-15)17-4-3-14(7-25)8-26-17/h3-4,8-9,13,15,32H,5-6,10-12H2,1-2H3/t13-,15-,20+/m0/s1. The summed E-state index contributed by atoms with van der Waals surface area (Å²) in [6, 6.07) is 4.98. The van der Waals surface area contributed by atoms with Crippen molar-refractivity contribution in [1.29, 1.82) is 5.26 Å². The van der Waals surface area contributed by atoms with Crippen LogP contribution in [0.4, 0.5) is 19.0 Å². The number of anilines is 1. The highest BCUT2D eigenvalue weighted by Crippen LogP contribution is 2.40. The van der Waals surface area contributed by atoms with Crippen LogP contribution in [0.5, 0.6) is 0 Å². The highest BCUT2D eigenvalue weighted by Gasteiger charge is 2.55. The highest BCUT2D eigenvalue weighted by molar-refractivity contribution is 5.80. The zero-order valence-corrected chi connectivity index (χ0v) is 17.7. The van der Waals surface area contributed by atoms with Gasteiger partial charge in [0.2, 0.25) is 11.5 Å². The number of amides is 1. The Morgan fingerprint density at radius 3 is 2.62 bits per heavy atom. The number of fused-ring (bicyclic) bond motifs is 1. The third-order valence-electron chi connectivity index (χ3n) is 6.19. The Bertz CT molecular complexity index is 1060. The first-order valence-corrected chi connectivity index (χ1v) is 10.3. The van der Waals surface area contributed by atoms with E-state index in [2.05, 4.69) is 9.97 Å². The van der Waals surface area contributed by atoms with Gasteiger partial charge < -0.3 is 19.5 Å². The first-order valence-electron chi connectivity index (χ1n) is 10.3. The number of pyridine rings is 1. The van der Waals surface area contributed by atoms with E-state index >= 15 is 0 Å². The Kier molecular flexibility index (Phi) is 5.36. The summed E-state index contributed by atoms with van der Waals surface area (Å²) in [5.74, 6) is -0.0848. The van der Waals surface area contributed by atoms with Crippen LogP contribution < -0.4 is 4.90 Å². The smallest absolute Gasteiger partial charge is 0.374 e. The second-order valence-electron chi connectivity index (χ2n) is 8.53. The molecule has 11 heteroatoms. The fourth-order valence-electron chi connectivity index (χ4n) is 4.39. The molecule has 32 heavy (non-hydrogen) atoms. The van der Waals surface area contributed by atoms with Crippen molar-refractivity contribution in [2.45, 2.75) is 44.6 Å². The van der Waals surface area contributed by atoms with E-state index in [4.69, 9.17) is 5.26 Å². The molecule has 4 heterocycles. The molecule has 0 unspecified atom stereocenters. The lowest BCUT2D eigenvalue weighted by Crippen LogP contribution is -2.47. The van der Waals surface area contributed by atoms with Gasteiger partial charge in [0.15, 0.2) is 5.82 Å². The van der Waals surface area contributed by atoms with E-state index in [9.17, 15) is 23.1 Å². The number of nitrogens with zero attached hydrogens (tertiary/aromatic N) is 6. The van der Waals surface area contributed by atoms with Gasteiger partial charge in [-0.25, -0.2) is 9.97 Å². The monoisotopic (exact) mass is 448 g/mol. The maximum Gasteiger partial charge on any atom is 0.424 e. The topological polar surface area (TPSA) is 98.3 Å². The molecule has 0 aliphatic carbocycles. The number of hydrogen-bond donors (Lipinski definition) is 1. The Morgan fingerprint density at radius 1 is 1.25 bits per heavy atom. The van der Waals surface area contributed by atoms with Crippen molar-refractivity contribution in [3.05, 3.63) is 41.6 Å². The fourth-order valence-corrected chi connectivity index (χ4v) is 4.39. The van der Waals surface area contributed by atoms with Crippen LogP contribution in [0.1, 0.15) is 43.4 Å². The molecule has 2 aromatic rings. The first-order chi connectivity index (χ1) is 15.0. The molecule has 3 atom stereocenters. The number of carbonyl (C=O) groups is 1. The second kappa shape index (κ2) is 7.78. The maximum atomic E-state index is 13.3. The van der Waals surface area contributed by atoms with E-state index in [-0.39, 0.29) is 24.9 Å². The van der Waals surface area contributed by atoms with Gasteiger partial charge in [-0.3, -0.25) is 4.79 Å². The Hall–Kier alpha value is -3.13. The van der Waals surface area contributed by atoms with E-state index in [1.807, 2.05) is 11.0 Å². The van der Waals surface area contributed by atoms with Crippen LogP contribution >= 0.6 is 0 Å². The van der Waals surface area contributed by atoms with Crippen molar-refractivity contribution in [3.63, 3.8) is 0 Å². The molecule has 2 aliphatic heterocycles. The quantitative estimate of drug-likeness (QED) is 0.774. The molecular weight excluding hydrogens is 425 g/mol. The lowest BCUT2D eigenvalue weighted by atomic mass is 10.0. The number of halogens is 3.